The van der Waals surface area contributed by atoms with Crippen LogP contribution >= 0.6 is 7.37 Å². The summed E-state index contributed by atoms with van der Waals surface area (Å²) in [6.07, 6.45) is 8.94. The lowest BCUT2D eigenvalue weighted by atomic mass is 9.85. The molecule has 1 fully saturated rings. The third kappa shape index (κ3) is 12.4. The maximum Gasteiger partial charge on any atom is 0.252 e. The summed E-state index contributed by atoms with van der Waals surface area (Å²) in [6.45, 7) is 0. The van der Waals surface area contributed by atoms with E-state index >= 15 is 0 Å². The molecule has 0 saturated heterocycles. The minimum atomic E-state index is -4.48. The number of amides is 4. The average Bonchev–Trinajstić information content (AvgIpc) is 3.10. The largest absolute Gasteiger partial charge is 0.368 e. The molecule has 0 spiro atoms. The molecule has 0 radical (unpaired) electrons. The van der Waals surface area contributed by atoms with Crippen LogP contribution in [0, 0.1) is 11.7 Å². The molecule has 3 unspecified atom stereocenters. The molecule has 4 amide bonds. The molecule has 0 heterocycles. The molecule has 3 aromatic carbocycles. The normalized spacial score (nSPS) is 16.4. The highest BCUT2D eigenvalue weighted by Gasteiger charge is 2.36. The van der Waals surface area contributed by atoms with Crippen molar-refractivity contribution in [2.45, 2.75) is 75.7 Å². The summed E-state index contributed by atoms with van der Waals surface area (Å²) >= 11 is 0. The Labute approximate surface area is 292 Å². The molecular weight excluding hydrogens is 658 g/mol. The van der Waals surface area contributed by atoms with Gasteiger partial charge in [-0.05, 0) is 54.5 Å². The highest BCUT2D eigenvalue weighted by Crippen LogP contribution is 2.46. The molecule has 0 aromatic heterocycles. The van der Waals surface area contributed by atoms with Crippen molar-refractivity contribution >= 4 is 37.1 Å². The quantitative estimate of drug-likeness (QED) is 0.119. The number of primary amides is 1. The first-order chi connectivity index (χ1) is 24.0. The Morgan fingerprint density at radius 3 is 2.22 bits per heavy atom. The summed E-state index contributed by atoms with van der Waals surface area (Å²) < 4.78 is 27.7. The Morgan fingerprint density at radius 2 is 1.56 bits per heavy atom. The van der Waals surface area contributed by atoms with E-state index in [0.717, 1.165) is 43.7 Å². The lowest BCUT2D eigenvalue weighted by Crippen LogP contribution is -2.53. The first-order valence-electron chi connectivity index (χ1n) is 17.0. The molecule has 3 aromatic rings. The van der Waals surface area contributed by atoms with Gasteiger partial charge in [0.2, 0.25) is 25.1 Å². The van der Waals surface area contributed by atoms with Crippen LogP contribution in [0.15, 0.2) is 91.0 Å². The maximum absolute atomic E-state index is 13.9. The van der Waals surface area contributed by atoms with E-state index in [1.165, 1.54) is 18.2 Å². The molecule has 4 rings (SSSR count). The third-order valence-electron chi connectivity index (χ3n) is 8.90. The van der Waals surface area contributed by atoms with Gasteiger partial charge in [-0.2, -0.15) is 0 Å². The molecule has 50 heavy (non-hydrogen) atoms. The van der Waals surface area contributed by atoms with Crippen LogP contribution in [0.1, 0.15) is 72.9 Å². The fourth-order valence-corrected chi connectivity index (χ4v) is 7.66. The van der Waals surface area contributed by atoms with E-state index in [9.17, 15) is 33.0 Å². The van der Waals surface area contributed by atoms with Gasteiger partial charge in [-0.3, -0.25) is 23.7 Å². The van der Waals surface area contributed by atoms with Gasteiger partial charge >= 0.3 is 0 Å². The van der Waals surface area contributed by atoms with Crippen LogP contribution in [0.25, 0.3) is 6.08 Å². The van der Waals surface area contributed by atoms with Crippen molar-refractivity contribution < 1.29 is 33.0 Å². The van der Waals surface area contributed by atoms with E-state index in [2.05, 4.69) is 16.0 Å². The minimum Gasteiger partial charge on any atom is -0.368 e. The molecule has 1 aliphatic carbocycles. The Morgan fingerprint density at radius 1 is 0.880 bits per heavy atom. The average molecular weight is 705 g/mol. The summed E-state index contributed by atoms with van der Waals surface area (Å²) in [5.41, 5.74) is 7.12. The van der Waals surface area contributed by atoms with Gasteiger partial charge in [0.25, 0.3) is 5.91 Å². The van der Waals surface area contributed by atoms with Crippen LogP contribution in [0.5, 0.6) is 0 Å². The molecular formula is C38H46FN4O6P. The van der Waals surface area contributed by atoms with Gasteiger partial charge in [-0.25, -0.2) is 4.39 Å². The van der Waals surface area contributed by atoms with Gasteiger partial charge in [-0.15, -0.1) is 0 Å². The Balaban J connectivity index is 1.48. The van der Waals surface area contributed by atoms with Crippen LogP contribution < -0.4 is 21.7 Å². The fraction of sp³-hybridized carbons (Fsp3) is 0.368. The van der Waals surface area contributed by atoms with E-state index in [1.54, 1.807) is 36.4 Å². The van der Waals surface area contributed by atoms with Crippen LogP contribution in [-0.4, -0.2) is 52.6 Å². The smallest absolute Gasteiger partial charge is 0.252 e. The van der Waals surface area contributed by atoms with Crippen molar-refractivity contribution in [3.05, 3.63) is 114 Å². The van der Waals surface area contributed by atoms with Gasteiger partial charge in [0.15, 0.2) is 0 Å². The molecule has 0 bridgehead atoms. The molecule has 0 aliphatic heterocycles. The lowest BCUT2D eigenvalue weighted by molar-refractivity contribution is -0.131. The number of carbonyl (C=O) groups excluding carboxylic acids is 4. The number of hydrogen-bond donors (Lipinski definition) is 5. The third-order valence-corrected chi connectivity index (χ3v) is 10.9. The van der Waals surface area contributed by atoms with Crippen molar-refractivity contribution in [1.29, 1.82) is 0 Å². The number of nitrogens with two attached hydrogens (primary N) is 1. The number of nitrogens with one attached hydrogen (secondary N) is 3. The molecule has 266 valence electrons. The summed E-state index contributed by atoms with van der Waals surface area (Å²) in [7, 11) is -4.48. The molecule has 10 nitrogen and oxygen atoms in total. The Hall–Kier alpha value is -4.60. The molecule has 1 aliphatic rings. The molecule has 6 N–H and O–H groups in total. The number of rotatable bonds is 17. The van der Waals surface area contributed by atoms with E-state index in [-0.39, 0.29) is 24.8 Å². The Kier molecular flexibility index (Phi) is 14.5. The zero-order valence-electron chi connectivity index (χ0n) is 28.0. The highest BCUT2D eigenvalue weighted by atomic mass is 31.2. The number of carbonyl (C=O) groups is 4. The predicted molar refractivity (Wildman–Crippen MR) is 191 cm³/mol. The standard InChI is InChI=1S/C38H46FN4O6P/c39-31-20-11-19-30(25-31)37(46)43-35(24-29-16-8-3-9-17-29)50(48,49)26-34(44)41-33(23-22-28-14-6-2-7-15-28)38(47)42-32(36(40)45)21-10-18-27-12-4-1-5-13-27/h1,3-5,8-13,16-20,25,28,32-33,35H,2,6-7,14-15,21-24,26H2,(H2,40,45)(H,41,44)(H,42,47)(H,43,46)(H,48,49)/t32-,33?,35?/m0/s1. The van der Waals surface area contributed by atoms with Crippen molar-refractivity contribution in [3.8, 4) is 0 Å². The van der Waals surface area contributed by atoms with E-state index < -0.39 is 60.8 Å². The van der Waals surface area contributed by atoms with Crippen LogP contribution in [-0.2, 0) is 25.4 Å². The van der Waals surface area contributed by atoms with E-state index in [1.807, 2.05) is 36.4 Å². The zero-order chi connectivity index (χ0) is 35.9. The zero-order valence-corrected chi connectivity index (χ0v) is 28.9. The first-order valence-corrected chi connectivity index (χ1v) is 18.9. The second kappa shape index (κ2) is 19.0. The van der Waals surface area contributed by atoms with Crippen LogP contribution in [0.3, 0.4) is 0 Å². The first kappa shape index (κ1) is 38.2. The van der Waals surface area contributed by atoms with Crippen molar-refractivity contribution in [1.82, 2.24) is 16.0 Å². The fourth-order valence-electron chi connectivity index (χ4n) is 6.12. The van der Waals surface area contributed by atoms with Crippen LogP contribution in [0.4, 0.5) is 4.39 Å². The highest BCUT2D eigenvalue weighted by molar-refractivity contribution is 7.59. The van der Waals surface area contributed by atoms with E-state index in [0.29, 0.717) is 17.9 Å². The van der Waals surface area contributed by atoms with Crippen molar-refractivity contribution in [2.75, 3.05) is 6.16 Å². The second-order valence-corrected chi connectivity index (χ2v) is 15.3. The van der Waals surface area contributed by atoms with Gasteiger partial charge in [0, 0.05) is 12.0 Å². The predicted octanol–water partition coefficient (Wildman–Crippen LogP) is 5.31. The SMILES string of the molecule is NC(=O)[C@H](CC=Cc1ccccc1)NC(=O)C(CCC1CCCCC1)NC(=O)CP(=O)(O)C(Cc1ccccc1)NC(=O)c1cccc(F)c1. The summed E-state index contributed by atoms with van der Waals surface area (Å²) in [5.74, 6) is -4.68. The Bertz CT molecular complexity index is 1670. The van der Waals surface area contributed by atoms with Gasteiger partial charge in [0.05, 0.1) is 0 Å². The molecule has 12 heteroatoms. The molecule has 1 saturated carbocycles. The minimum absolute atomic E-state index is 0.0467. The van der Waals surface area contributed by atoms with E-state index in [4.69, 9.17) is 5.73 Å². The lowest BCUT2D eigenvalue weighted by Gasteiger charge is -2.27. The number of benzene rings is 3. The number of halogens is 1. The van der Waals surface area contributed by atoms with Gasteiger partial charge < -0.3 is 26.6 Å². The maximum atomic E-state index is 13.9. The van der Waals surface area contributed by atoms with Crippen molar-refractivity contribution in [2.24, 2.45) is 11.7 Å². The van der Waals surface area contributed by atoms with Gasteiger partial charge in [-0.1, -0.05) is 111 Å². The summed E-state index contributed by atoms with van der Waals surface area (Å²) in [5, 5.41) is 7.83. The summed E-state index contributed by atoms with van der Waals surface area (Å²) in [4.78, 5) is 63.7. The van der Waals surface area contributed by atoms with Crippen molar-refractivity contribution in [3.63, 3.8) is 0 Å². The topological polar surface area (TPSA) is 168 Å². The van der Waals surface area contributed by atoms with Gasteiger partial charge in [0.1, 0.15) is 29.8 Å². The summed E-state index contributed by atoms with van der Waals surface area (Å²) in [6, 6.07) is 20.9. The van der Waals surface area contributed by atoms with Crippen LogP contribution in [0.2, 0.25) is 0 Å². The number of hydrogen-bond acceptors (Lipinski definition) is 5. The monoisotopic (exact) mass is 704 g/mol. The second-order valence-electron chi connectivity index (χ2n) is 12.8. The molecule has 4 atom stereocenters.